The predicted molar refractivity (Wildman–Crippen MR) is 738 cm³/mol. The number of ether oxygens (including phenoxy) is 13. The molecule has 0 aliphatic rings. The second-order valence-corrected chi connectivity index (χ2v) is 30.5. The number of esters is 3. The third-order valence-electron chi connectivity index (χ3n) is 7.49. The molecule has 0 atom stereocenters. The Bertz CT molecular complexity index is 1610. The lowest BCUT2D eigenvalue weighted by Gasteiger charge is -1.98. The van der Waals surface area contributed by atoms with Gasteiger partial charge in [-0.3, -0.25) is 24.0 Å². The molecule has 0 saturated carbocycles. The van der Waals surface area contributed by atoms with Crippen LogP contribution in [-0.2, 0) is 90.3 Å². The molecule has 23 nitrogen and oxygen atoms in total. The molecule has 924 valence electrons. The number of hydrogen-bond donors (Lipinski definition) is 0. The van der Waals surface area contributed by atoms with E-state index in [0.29, 0.717) is 59.5 Å². The fraction of sp³-hybridized carbons (Fsp3) is 0.843. The van der Waals surface area contributed by atoms with Crippen molar-refractivity contribution in [1.29, 1.82) is 0 Å². The fourth-order valence-electron chi connectivity index (χ4n) is 2.56. The van der Waals surface area contributed by atoms with E-state index in [1.807, 2.05) is 99.6 Å². The van der Waals surface area contributed by atoms with E-state index in [1.165, 1.54) is 114 Å². The highest BCUT2D eigenvalue weighted by molar-refractivity contribution is 8.47. The first-order valence-electron chi connectivity index (χ1n) is 32.9. The summed E-state index contributed by atoms with van der Waals surface area (Å²) in [6.07, 6.45) is 18.5. The van der Waals surface area contributed by atoms with E-state index in [9.17, 15) is 43.2 Å². The van der Waals surface area contributed by atoms with Crippen molar-refractivity contribution in [2.75, 3.05) is 170 Å². The fourth-order valence-corrected chi connectivity index (χ4v) is 7.38. The monoisotopic (exact) mass is 2410 g/mol. The van der Waals surface area contributed by atoms with Gasteiger partial charge in [0.2, 0.25) is 19.0 Å². The lowest BCUT2D eigenvalue weighted by molar-refractivity contribution is -0.151. The van der Waals surface area contributed by atoms with Crippen LogP contribution in [-0.4, -0.2) is 253 Å². The molecule has 0 spiro atoms. The molecule has 0 aromatic carbocycles. The van der Waals surface area contributed by atoms with Gasteiger partial charge in [-0.2, -0.15) is 11.8 Å². The molecule has 0 unspecified atom stereocenters. The van der Waals surface area contributed by atoms with Crippen LogP contribution in [0.4, 0.5) is 19.2 Å². The Morgan fingerprint density at radius 1 is 0.275 bits per heavy atom. The Kier molecular flexibility index (Phi) is 900. The second kappa shape index (κ2) is 366. The molecule has 0 N–H and O–H groups in total. The summed E-state index contributed by atoms with van der Waals surface area (Å²) in [5, 5.41) is 0.734. The Morgan fingerprint density at radius 2 is 0.606 bits per heavy atom. The van der Waals surface area contributed by atoms with Gasteiger partial charge in [-0.05, 0) is 174 Å². The smallest absolute Gasteiger partial charge is 0.490 e. The summed E-state index contributed by atoms with van der Waals surface area (Å²) < 4.78 is 61.6. The van der Waals surface area contributed by atoms with Crippen molar-refractivity contribution in [3.8, 4) is 0 Å². The van der Waals surface area contributed by atoms with Gasteiger partial charge in [-0.25, -0.2) is 19.2 Å². The number of rotatable bonds is 18. The molecule has 0 aromatic rings. The van der Waals surface area contributed by atoms with Crippen LogP contribution in [0.3, 0.4) is 0 Å². The highest BCUT2D eigenvalue weighted by Gasteiger charge is 2.09. The summed E-state index contributed by atoms with van der Waals surface area (Å²) >= 11 is 44.3. The minimum atomic E-state index is -0.757. The van der Waals surface area contributed by atoms with Crippen LogP contribution in [0.25, 0.3) is 0 Å². The summed E-state index contributed by atoms with van der Waals surface area (Å²) in [7, 11) is 13.0. The number of thiocarbonyl (C=S) groups is 6. The summed E-state index contributed by atoms with van der Waals surface area (Å²) in [4.78, 5) is 99.3. The maximum absolute atomic E-state index is 10.3. The lowest BCUT2D eigenvalue weighted by atomic mass is 10.3. The number of thioether (sulfide) groups is 11. The van der Waals surface area contributed by atoms with Crippen molar-refractivity contribution in [3.05, 3.63) is 0 Å². The molecule has 0 fully saturated rings. The van der Waals surface area contributed by atoms with E-state index in [0.717, 1.165) is 68.4 Å². The van der Waals surface area contributed by atoms with Gasteiger partial charge >= 0.3 is 39.9 Å². The average Bonchev–Trinajstić information content (AvgIpc) is 1.01. The van der Waals surface area contributed by atoms with E-state index in [1.54, 1.807) is 115 Å². The predicted octanol–water partition coefficient (Wildman–Crippen LogP) is 44.0. The zero-order valence-corrected chi connectivity index (χ0v) is 85.1. The van der Waals surface area contributed by atoms with Gasteiger partial charge < -0.3 is 66.4 Å². The minimum absolute atomic E-state index is 0. The number of carbonyl (C=O) groups is 10. The Morgan fingerprint density at radius 3 is 0.676 bits per heavy atom. The highest BCUT2D eigenvalue weighted by atomic mass is 32.2. The number of hydrogen-bond acceptors (Lipinski definition) is 40. The molecule has 0 radical (unpaired) electrons. The number of methoxy groups -OCH3 is 9. The summed E-state index contributed by atoms with van der Waals surface area (Å²) in [6.45, 7) is 39.8. The summed E-state index contributed by atoms with van der Waals surface area (Å²) in [5.41, 5.74) is 0. The van der Waals surface area contributed by atoms with E-state index in [2.05, 4.69) is 117 Å². The molecule has 0 bridgehead atoms. The van der Waals surface area contributed by atoms with Crippen molar-refractivity contribution < 1.29 is 110 Å². The van der Waals surface area contributed by atoms with Gasteiger partial charge in [-0.1, -0.05) is 432 Å². The van der Waals surface area contributed by atoms with Crippen LogP contribution < -0.4 is 0 Å². The van der Waals surface area contributed by atoms with Crippen molar-refractivity contribution >= 4 is 286 Å². The van der Waals surface area contributed by atoms with Gasteiger partial charge in [-0.15, -0.1) is 35.3 Å². The van der Waals surface area contributed by atoms with Gasteiger partial charge in [0.1, 0.15) is 10.3 Å². The van der Waals surface area contributed by atoms with Crippen LogP contribution >= 0.6 is 203 Å². The second-order valence-electron chi connectivity index (χ2n) is 15.3. The summed E-state index contributed by atoms with van der Waals surface area (Å²) in [5.74, 6) is 3.48. The van der Waals surface area contributed by atoms with Gasteiger partial charge in [0.25, 0.3) is 0 Å². The maximum atomic E-state index is 10.3. The van der Waals surface area contributed by atoms with Crippen LogP contribution in [0, 0.1) is 0 Å². The van der Waals surface area contributed by atoms with E-state index in [4.69, 9.17) is 63.1 Å². The third kappa shape index (κ3) is 542. The topological polar surface area (TPSA) is 291 Å². The lowest BCUT2D eigenvalue weighted by Crippen LogP contribution is -2.13. The molecule has 0 heterocycles. The van der Waals surface area contributed by atoms with Gasteiger partial charge in [0, 0.05) is 68.0 Å². The van der Waals surface area contributed by atoms with E-state index < -0.39 is 17.9 Å². The molecule has 142 heavy (non-hydrogen) atoms. The van der Waals surface area contributed by atoms with Gasteiger partial charge in [0.05, 0.1) is 83.3 Å². The van der Waals surface area contributed by atoms with Crippen molar-refractivity contribution in [2.24, 2.45) is 0 Å². The third-order valence-corrected chi connectivity index (χ3v) is 18.8. The zero-order valence-electron chi connectivity index (χ0n) is 71.3. The quantitative estimate of drug-likeness (QED) is 0.0533. The Balaban J connectivity index is -0.0000000120. The van der Waals surface area contributed by atoms with Crippen molar-refractivity contribution in [2.45, 2.75) is 429 Å². The SMILES string of the molecule is C.C.C.C.C.C.C.C.C.C.C.C.C.C.C.C.C.C.C.C.C.C.C.C.C.C.C.C.C.C.C.C.C.C.C=O.CCC.CCC(=O)C(=O)OC.CCC(=O)OC.CCC(=O)SC.CCC(=S)OC.CCC(=S)SC.CCCC(=O)OC.CCOC.CCOC(=O)OC.CCOC(=O)SC.CCOC(=S)OC.CCOC(=S)SC.CCSC.CCSC(=O)OC.CCSC(=O)SC.CCSC(=S)OC.CCSC(=S)SC. The van der Waals surface area contributed by atoms with E-state index in [-0.39, 0.29) is 296 Å². The molecule has 0 rings (SSSR count). The highest BCUT2D eigenvalue weighted by Crippen LogP contribution is 2.13. The van der Waals surface area contributed by atoms with Crippen LogP contribution in [0.15, 0.2) is 0 Å². The normalized spacial score (nSPS) is 6.07. The molecule has 0 aliphatic heterocycles. The number of carbonyl (C=O) groups excluding carboxylic acids is 10. The Hall–Kier alpha value is -1.35. The average molecular weight is 2420 g/mol. The van der Waals surface area contributed by atoms with Crippen molar-refractivity contribution in [1.82, 2.24) is 0 Å². The first-order chi connectivity index (χ1) is 51.0. The number of ketones is 1. The van der Waals surface area contributed by atoms with Gasteiger partial charge in [0.15, 0.2) is 10.2 Å². The van der Waals surface area contributed by atoms with E-state index >= 15 is 0 Å². The first kappa shape index (κ1) is 349. The standard InChI is InChI=1S/C5H8O3.C5H10O2.C4H8O3.3C4H8O2S.C4H8O2.3C4H8OS2.2C4H8OS.C4H8S3.C4H8S2.C3H8O.C3H8S.C3H8.CH2O.34CH4/c1-3-4(6)5(7)8-2;1-3-4-5(6)7-2;1-3-7-4(5)6-2;1-3-6-4(5)7-2;1-3-7-4(5)6-2;1-3-6-4(7)5-2;1-3-4(5)6-2;1-3-7-4(5)6-2;1-3-5-4(6)7-2;1-3-7-4(6)5-2;1-3-4(5)6-2;1-3-4(6)5-2;1-3-7-4(5)6-2;1-3-4(5)6-2;2*1-3-4-2;1-3-2;1-2;;;;;;;;;;;;;;;;;;;;;;;;;;;;;;;;;;/h3H2,1-2H3;3-4H2,1-2H3;4*3H2,1-2H3;3H2,1-2H3;3*3H2,1-2H3;2*3H2,1-2H3;3H2,1-2H3;3H2,1-2H3;2*3H2,1-2H3;3H2,1-2H3;1H2;34*1H4. The first-order valence-corrected chi connectivity index (χ1v) is 48.0. The minimum Gasteiger partial charge on any atom is -0.490 e. The van der Waals surface area contributed by atoms with Crippen LogP contribution in [0.1, 0.15) is 429 Å². The Labute approximate surface area is 984 Å². The molecule has 0 aliphatic carbocycles. The summed E-state index contributed by atoms with van der Waals surface area (Å²) in [6, 6.07) is 0. The maximum Gasteiger partial charge on any atom is 0.507 e. The molecule has 40 heteroatoms. The van der Waals surface area contributed by atoms with Crippen LogP contribution in [0.5, 0.6) is 0 Å². The van der Waals surface area contributed by atoms with Crippen molar-refractivity contribution in [3.63, 3.8) is 0 Å². The molecule has 0 saturated heterocycles. The molecular formula is C102H276O23S17. The molecule has 0 amide bonds. The number of Topliss-reactive ketones (excluding diaryl/α,β-unsaturated/α-hetero) is 1. The molecular weight excluding hydrogens is 2140 g/mol. The largest absolute Gasteiger partial charge is 0.507 e. The zero-order chi connectivity index (χ0) is 89.4. The molecule has 0 aromatic heterocycles. The van der Waals surface area contributed by atoms with Crippen LogP contribution in [0.2, 0.25) is 0 Å².